The maximum Gasteiger partial charge on any atom is 0.409 e. The molecule has 2 aromatic rings. The first-order chi connectivity index (χ1) is 12.3. The van der Waals surface area contributed by atoms with Gasteiger partial charge in [-0.25, -0.2) is 13.8 Å². The number of carbonyl (C=O) groups excluding carboxylic acids is 1. The van der Waals surface area contributed by atoms with Gasteiger partial charge in [-0.05, 0) is 35.7 Å². The Labute approximate surface area is 149 Å². The summed E-state index contributed by atoms with van der Waals surface area (Å²) in [5.74, 6) is -0.978. The van der Waals surface area contributed by atoms with Gasteiger partial charge < -0.3 is 10.2 Å². The van der Waals surface area contributed by atoms with Crippen molar-refractivity contribution in [2.24, 2.45) is 0 Å². The Morgan fingerprint density at radius 2 is 1.96 bits per heavy atom. The minimum absolute atomic E-state index is 0.0101. The molecule has 1 aliphatic heterocycles. The van der Waals surface area contributed by atoms with E-state index in [0.717, 1.165) is 4.31 Å². The summed E-state index contributed by atoms with van der Waals surface area (Å²) >= 11 is 0. The lowest BCUT2D eigenvalue weighted by Gasteiger charge is -2.17. The molecule has 2 aromatic carbocycles. The predicted molar refractivity (Wildman–Crippen MR) is 93.4 cm³/mol. The van der Waals surface area contributed by atoms with Crippen LogP contribution in [0.3, 0.4) is 0 Å². The molecule has 1 fully saturated rings. The van der Waals surface area contributed by atoms with Gasteiger partial charge in [-0.1, -0.05) is 24.3 Å². The van der Waals surface area contributed by atoms with Crippen molar-refractivity contribution >= 4 is 33.6 Å². The van der Waals surface area contributed by atoms with Crippen LogP contribution < -0.4 is 14.3 Å². The number of carbonyl (C=O) groups is 2. The summed E-state index contributed by atoms with van der Waals surface area (Å²) in [4.78, 5) is 22.2. The smallest absolute Gasteiger partial charge is 0.409 e. The molecule has 2 amide bonds. The van der Waals surface area contributed by atoms with Crippen LogP contribution in [0.5, 0.6) is 5.75 Å². The highest BCUT2D eigenvalue weighted by atomic mass is 32.2. The standard InChI is InChI=1S/C16H15N3O6S/c20-14-8-10(7-11-3-1-2-4-12(11)17-16(22)23)5-6-13(14)19-9-15(21)18-26(19,24)25/h1-6,8,17,20H,7,9H2,(H,18,21)(H,22,23). The van der Waals surface area contributed by atoms with Gasteiger partial charge in [0, 0.05) is 5.69 Å². The molecule has 0 unspecified atom stereocenters. The second kappa shape index (κ2) is 6.56. The maximum atomic E-state index is 11.9. The molecule has 26 heavy (non-hydrogen) atoms. The first-order valence-electron chi connectivity index (χ1n) is 7.49. The zero-order valence-corrected chi connectivity index (χ0v) is 14.2. The summed E-state index contributed by atoms with van der Waals surface area (Å²) in [6, 6.07) is 11.2. The largest absolute Gasteiger partial charge is 0.506 e. The average Bonchev–Trinajstić information content (AvgIpc) is 2.81. The van der Waals surface area contributed by atoms with Crippen LogP contribution in [-0.4, -0.2) is 37.2 Å². The van der Waals surface area contributed by atoms with Crippen molar-refractivity contribution in [2.45, 2.75) is 6.42 Å². The highest BCUT2D eigenvalue weighted by Gasteiger charge is 2.35. The number of carboxylic acid groups (broad SMARTS) is 1. The van der Waals surface area contributed by atoms with E-state index in [-0.39, 0.29) is 11.4 Å². The van der Waals surface area contributed by atoms with E-state index in [1.165, 1.54) is 12.1 Å². The van der Waals surface area contributed by atoms with E-state index in [9.17, 15) is 23.1 Å². The zero-order chi connectivity index (χ0) is 18.9. The topological polar surface area (TPSA) is 136 Å². The van der Waals surface area contributed by atoms with Crippen molar-refractivity contribution < 1.29 is 28.2 Å². The van der Waals surface area contributed by atoms with Gasteiger partial charge in [-0.2, -0.15) is 8.42 Å². The predicted octanol–water partition coefficient (Wildman–Crippen LogP) is 1.25. The van der Waals surface area contributed by atoms with Crippen LogP contribution in [0.1, 0.15) is 11.1 Å². The minimum Gasteiger partial charge on any atom is -0.506 e. The van der Waals surface area contributed by atoms with Gasteiger partial charge in [0.2, 0.25) is 0 Å². The average molecular weight is 377 g/mol. The number of aromatic hydroxyl groups is 1. The van der Waals surface area contributed by atoms with Gasteiger partial charge in [-0.3, -0.25) is 10.1 Å². The summed E-state index contributed by atoms with van der Waals surface area (Å²) in [6.45, 7) is -0.402. The number of rotatable bonds is 4. The van der Waals surface area contributed by atoms with E-state index in [0.29, 0.717) is 23.2 Å². The van der Waals surface area contributed by atoms with E-state index in [1.807, 2.05) is 4.72 Å². The van der Waals surface area contributed by atoms with Gasteiger partial charge in [0.15, 0.2) is 0 Å². The highest BCUT2D eigenvalue weighted by molar-refractivity contribution is 7.92. The van der Waals surface area contributed by atoms with Crippen molar-refractivity contribution in [3.63, 3.8) is 0 Å². The molecular weight excluding hydrogens is 362 g/mol. The molecule has 0 bridgehead atoms. The van der Waals surface area contributed by atoms with E-state index in [2.05, 4.69) is 5.32 Å². The molecule has 0 aliphatic carbocycles. The number of hydrogen-bond acceptors (Lipinski definition) is 5. The van der Waals surface area contributed by atoms with Crippen LogP contribution in [0.4, 0.5) is 16.2 Å². The fourth-order valence-corrected chi connectivity index (χ4v) is 3.85. The molecule has 0 aromatic heterocycles. The summed E-state index contributed by atoms with van der Waals surface area (Å²) in [5, 5.41) is 21.4. The van der Waals surface area contributed by atoms with Gasteiger partial charge in [0.05, 0.1) is 5.69 Å². The SMILES string of the molecule is O=C(O)Nc1ccccc1Cc1ccc(N2CC(=O)NS2(=O)=O)c(O)c1. The molecule has 1 heterocycles. The number of hydrogen-bond donors (Lipinski definition) is 4. The lowest BCUT2D eigenvalue weighted by molar-refractivity contribution is -0.117. The quantitative estimate of drug-likeness (QED) is 0.633. The Bertz CT molecular complexity index is 989. The van der Waals surface area contributed by atoms with Crippen molar-refractivity contribution in [2.75, 3.05) is 16.2 Å². The first kappa shape index (κ1) is 17.5. The molecule has 3 rings (SSSR count). The van der Waals surface area contributed by atoms with Crippen molar-refractivity contribution in [1.29, 1.82) is 0 Å². The van der Waals surface area contributed by atoms with E-state index in [4.69, 9.17) is 5.11 Å². The molecule has 4 N–H and O–H groups in total. The zero-order valence-electron chi connectivity index (χ0n) is 13.3. The van der Waals surface area contributed by atoms with Gasteiger partial charge in [0.25, 0.3) is 5.91 Å². The summed E-state index contributed by atoms with van der Waals surface area (Å²) < 4.78 is 26.4. The van der Waals surface area contributed by atoms with E-state index < -0.39 is 28.8 Å². The van der Waals surface area contributed by atoms with E-state index in [1.54, 1.807) is 30.3 Å². The normalized spacial score (nSPS) is 15.5. The Hall–Kier alpha value is -3.27. The number of benzene rings is 2. The van der Waals surface area contributed by atoms with Gasteiger partial charge in [0.1, 0.15) is 12.3 Å². The third kappa shape index (κ3) is 3.54. The minimum atomic E-state index is -4.01. The van der Waals surface area contributed by atoms with Crippen LogP contribution in [0.2, 0.25) is 0 Å². The number of nitrogens with zero attached hydrogens (tertiary/aromatic N) is 1. The lowest BCUT2D eigenvalue weighted by Crippen LogP contribution is -2.29. The second-order valence-corrected chi connectivity index (χ2v) is 7.22. The summed E-state index contributed by atoms with van der Waals surface area (Å²) in [7, 11) is -4.01. The number of para-hydroxylation sites is 1. The molecule has 0 radical (unpaired) electrons. The number of phenolic OH excluding ortho intramolecular Hbond substituents is 1. The number of anilines is 2. The molecule has 1 saturated heterocycles. The van der Waals surface area contributed by atoms with Crippen LogP contribution in [0.15, 0.2) is 42.5 Å². The second-order valence-electron chi connectivity index (χ2n) is 5.62. The summed E-state index contributed by atoms with van der Waals surface area (Å²) in [5.41, 5.74) is 1.74. The highest BCUT2D eigenvalue weighted by Crippen LogP contribution is 2.32. The Balaban J connectivity index is 1.88. The van der Waals surface area contributed by atoms with Crippen LogP contribution in [0.25, 0.3) is 0 Å². The van der Waals surface area contributed by atoms with Crippen LogP contribution in [-0.2, 0) is 21.4 Å². The van der Waals surface area contributed by atoms with Crippen molar-refractivity contribution in [3.8, 4) is 5.75 Å². The first-order valence-corrected chi connectivity index (χ1v) is 8.93. The molecule has 1 aliphatic rings. The monoisotopic (exact) mass is 377 g/mol. The number of amides is 2. The molecule has 10 heteroatoms. The molecule has 0 spiro atoms. The Morgan fingerprint density at radius 1 is 1.23 bits per heavy atom. The van der Waals surface area contributed by atoms with Crippen LogP contribution in [0, 0.1) is 0 Å². The molecule has 0 atom stereocenters. The molecule has 0 saturated carbocycles. The number of nitrogens with one attached hydrogen (secondary N) is 2. The maximum absolute atomic E-state index is 11.9. The fourth-order valence-electron chi connectivity index (χ4n) is 2.68. The van der Waals surface area contributed by atoms with Crippen molar-refractivity contribution in [1.82, 2.24) is 4.72 Å². The molecular formula is C16H15N3O6S. The van der Waals surface area contributed by atoms with E-state index >= 15 is 0 Å². The number of phenols is 1. The summed E-state index contributed by atoms with van der Waals surface area (Å²) in [6.07, 6.45) is -0.874. The fraction of sp³-hybridized carbons (Fsp3) is 0.125. The Morgan fingerprint density at radius 3 is 2.58 bits per heavy atom. The Kier molecular flexibility index (Phi) is 4.43. The van der Waals surface area contributed by atoms with Crippen molar-refractivity contribution in [3.05, 3.63) is 53.6 Å². The third-order valence-corrected chi connectivity index (χ3v) is 5.17. The van der Waals surface area contributed by atoms with Crippen LogP contribution >= 0.6 is 0 Å². The third-order valence-electron chi connectivity index (χ3n) is 3.78. The lowest BCUT2D eigenvalue weighted by atomic mass is 10.0. The van der Waals surface area contributed by atoms with Gasteiger partial charge in [-0.15, -0.1) is 0 Å². The molecule has 9 nitrogen and oxygen atoms in total. The molecule has 136 valence electrons. The van der Waals surface area contributed by atoms with Gasteiger partial charge >= 0.3 is 16.3 Å².